The number of hydrogen-bond donors (Lipinski definition) is 0. The maximum absolute atomic E-state index is 11.2. The molecule has 0 amide bonds. The molecular weight excluding hydrogens is 188 g/mol. The standard InChI is InChI=1S/C9H20O3S/c1-5-7-9(8(3)4)12-13(10,11)6-2/h8-9H,5-7H2,1-4H3. The molecule has 0 aliphatic carbocycles. The molecule has 0 aliphatic heterocycles. The molecule has 4 heteroatoms. The van der Waals surface area contributed by atoms with E-state index in [9.17, 15) is 8.42 Å². The lowest BCUT2D eigenvalue weighted by atomic mass is 10.0. The minimum Gasteiger partial charge on any atom is -0.267 e. The van der Waals surface area contributed by atoms with Crippen LogP contribution in [0.2, 0.25) is 0 Å². The summed E-state index contributed by atoms with van der Waals surface area (Å²) in [4.78, 5) is 0. The maximum atomic E-state index is 11.2. The second-order valence-electron chi connectivity index (χ2n) is 3.51. The minimum atomic E-state index is -3.29. The Morgan fingerprint density at radius 3 is 2.08 bits per heavy atom. The highest BCUT2D eigenvalue weighted by atomic mass is 32.2. The van der Waals surface area contributed by atoms with Gasteiger partial charge in [-0.25, -0.2) is 0 Å². The zero-order valence-corrected chi connectivity index (χ0v) is 9.73. The predicted octanol–water partition coefficient (Wildman–Crippen LogP) is 2.18. The molecule has 1 atom stereocenters. The first kappa shape index (κ1) is 12.9. The highest BCUT2D eigenvalue weighted by Crippen LogP contribution is 2.15. The quantitative estimate of drug-likeness (QED) is 0.628. The first-order chi connectivity index (χ1) is 5.93. The summed E-state index contributed by atoms with van der Waals surface area (Å²) in [6.07, 6.45) is 1.59. The van der Waals surface area contributed by atoms with Gasteiger partial charge >= 0.3 is 0 Å². The molecule has 0 N–H and O–H groups in total. The van der Waals surface area contributed by atoms with Crippen LogP contribution in [0.5, 0.6) is 0 Å². The van der Waals surface area contributed by atoms with E-state index in [4.69, 9.17) is 4.18 Å². The van der Waals surface area contributed by atoms with E-state index in [1.165, 1.54) is 0 Å². The van der Waals surface area contributed by atoms with Crippen LogP contribution in [0.25, 0.3) is 0 Å². The lowest BCUT2D eigenvalue weighted by Crippen LogP contribution is -2.24. The van der Waals surface area contributed by atoms with Crippen LogP contribution < -0.4 is 0 Å². The van der Waals surface area contributed by atoms with Crippen LogP contribution in [-0.2, 0) is 14.3 Å². The van der Waals surface area contributed by atoms with Crippen LogP contribution in [0.1, 0.15) is 40.5 Å². The van der Waals surface area contributed by atoms with Gasteiger partial charge in [0.05, 0.1) is 11.9 Å². The Morgan fingerprint density at radius 2 is 1.77 bits per heavy atom. The van der Waals surface area contributed by atoms with Crippen LogP contribution in [0.3, 0.4) is 0 Å². The average Bonchev–Trinajstić information content (AvgIpc) is 2.03. The van der Waals surface area contributed by atoms with E-state index < -0.39 is 10.1 Å². The van der Waals surface area contributed by atoms with Gasteiger partial charge < -0.3 is 0 Å². The summed E-state index contributed by atoms with van der Waals surface area (Å²) in [5, 5.41) is 0. The lowest BCUT2D eigenvalue weighted by molar-refractivity contribution is 0.149. The van der Waals surface area contributed by atoms with Crippen LogP contribution in [0.15, 0.2) is 0 Å². The molecule has 0 aromatic heterocycles. The first-order valence-corrected chi connectivity index (χ1v) is 6.41. The van der Waals surface area contributed by atoms with Gasteiger partial charge in [0.1, 0.15) is 0 Å². The lowest BCUT2D eigenvalue weighted by Gasteiger charge is -2.19. The summed E-state index contributed by atoms with van der Waals surface area (Å²) < 4.78 is 27.4. The second kappa shape index (κ2) is 5.60. The molecule has 0 fully saturated rings. The van der Waals surface area contributed by atoms with E-state index in [-0.39, 0.29) is 17.8 Å². The van der Waals surface area contributed by atoms with Gasteiger partial charge in [0.25, 0.3) is 10.1 Å². The Hall–Kier alpha value is -0.0900. The highest BCUT2D eigenvalue weighted by molar-refractivity contribution is 7.86. The molecule has 13 heavy (non-hydrogen) atoms. The van der Waals surface area contributed by atoms with Crippen molar-refractivity contribution in [1.29, 1.82) is 0 Å². The molecule has 0 aromatic rings. The Labute approximate surface area is 81.6 Å². The average molecular weight is 208 g/mol. The van der Waals surface area contributed by atoms with Gasteiger partial charge in [0.15, 0.2) is 0 Å². The maximum Gasteiger partial charge on any atom is 0.267 e. The van der Waals surface area contributed by atoms with Crippen LogP contribution in [0.4, 0.5) is 0 Å². The number of hydrogen-bond acceptors (Lipinski definition) is 3. The summed E-state index contributed by atoms with van der Waals surface area (Å²) >= 11 is 0. The molecule has 0 saturated heterocycles. The van der Waals surface area contributed by atoms with Gasteiger partial charge in [0.2, 0.25) is 0 Å². The third kappa shape index (κ3) is 5.26. The molecular formula is C9H20O3S. The van der Waals surface area contributed by atoms with Crippen molar-refractivity contribution in [3.8, 4) is 0 Å². The fourth-order valence-electron chi connectivity index (χ4n) is 1.03. The van der Waals surface area contributed by atoms with E-state index in [0.717, 1.165) is 12.8 Å². The summed E-state index contributed by atoms with van der Waals surface area (Å²) in [5.74, 6) is 0.307. The summed E-state index contributed by atoms with van der Waals surface area (Å²) in [7, 11) is -3.29. The van der Waals surface area contributed by atoms with Gasteiger partial charge in [0, 0.05) is 0 Å². The third-order valence-electron chi connectivity index (χ3n) is 1.94. The van der Waals surface area contributed by atoms with Crippen molar-refractivity contribution in [2.24, 2.45) is 5.92 Å². The Kier molecular flexibility index (Phi) is 5.56. The number of rotatable bonds is 6. The molecule has 0 spiro atoms. The van der Waals surface area contributed by atoms with Crippen molar-refractivity contribution < 1.29 is 12.6 Å². The van der Waals surface area contributed by atoms with Crippen LogP contribution in [0, 0.1) is 5.92 Å². The topological polar surface area (TPSA) is 43.4 Å². The SMILES string of the molecule is CCCC(OS(=O)(=O)CC)C(C)C. The van der Waals surface area contributed by atoms with Crippen molar-refractivity contribution in [1.82, 2.24) is 0 Å². The Balaban J connectivity index is 4.26. The summed E-state index contributed by atoms with van der Waals surface area (Å²) in [6, 6.07) is 0. The second-order valence-corrected chi connectivity index (χ2v) is 5.40. The monoisotopic (exact) mass is 208 g/mol. The molecule has 3 nitrogen and oxygen atoms in total. The molecule has 0 radical (unpaired) electrons. The fourth-order valence-corrected chi connectivity index (χ4v) is 1.86. The van der Waals surface area contributed by atoms with Gasteiger partial charge in [-0.2, -0.15) is 8.42 Å². The molecule has 0 heterocycles. The zero-order valence-electron chi connectivity index (χ0n) is 8.91. The van der Waals surface area contributed by atoms with Gasteiger partial charge in [-0.15, -0.1) is 0 Å². The molecule has 0 saturated carbocycles. The van der Waals surface area contributed by atoms with Crippen molar-refractivity contribution in [3.05, 3.63) is 0 Å². The van der Waals surface area contributed by atoms with E-state index in [1.54, 1.807) is 6.92 Å². The van der Waals surface area contributed by atoms with E-state index in [1.807, 2.05) is 20.8 Å². The van der Waals surface area contributed by atoms with Gasteiger partial charge in [-0.05, 0) is 19.3 Å². The normalized spacial score (nSPS) is 14.8. The Morgan fingerprint density at radius 1 is 1.23 bits per heavy atom. The van der Waals surface area contributed by atoms with Crippen molar-refractivity contribution in [2.45, 2.75) is 46.6 Å². The van der Waals surface area contributed by atoms with Crippen LogP contribution >= 0.6 is 0 Å². The smallest absolute Gasteiger partial charge is 0.267 e. The molecule has 80 valence electrons. The van der Waals surface area contributed by atoms with Gasteiger partial charge in [-0.1, -0.05) is 27.2 Å². The zero-order chi connectivity index (χ0) is 10.5. The summed E-state index contributed by atoms with van der Waals surface area (Å²) in [6.45, 7) is 7.58. The molecule has 0 aromatic carbocycles. The van der Waals surface area contributed by atoms with Gasteiger partial charge in [-0.3, -0.25) is 4.18 Å². The van der Waals surface area contributed by atoms with Crippen LogP contribution in [-0.4, -0.2) is 20.3 Å². The van der Waals surface area contributed by atoms with Crippen molar-refractivity contribution in [3.63, 3.8) is 0 Å². The third-order valence-corrected chi connectivity index (χ3v) is 3.19. The first-order valence-electron chi connectivity index (χ1n) is 4.83. The molecule has 1 unspecified atom stereocenters. The highest BCUT2D eigenvalue weighted by Gasteiger charge is 2.19. The predicted molar refractivity (Wildman–Crippen MR) is 54.1 cm³/mol. The van der Waals surface area contributed by atoms with E-state index >= 15 is 0 Å². The fraction of sp³-hybridized carbons (Fsp3) is 1.00. The van der Waals surface area contributed by atoms with Crippen molar-refractivity contribution >= 4 is 10.1 Å². The largest absolute Gasteiger partial charge is 0.267 e. The minimum absolute atomic E-state index is 0.0555. The molecule has 0 bridgehead atoms. The molecule has 0 aliphatic rings. The van der Waals surface area contributed by atoms with E-state index in [0.29, 0.717) is 0 Å². The Bertz CT molecular complexity index is 219. The summed E-state index contributed by atoms with van der Waals surface area (Å²) in [5.41, 5.74) is 0. The molecule has 0 rings (SSSR count). The van der Waals surface area contributed by atoms with E-state index in [2.05, 4.69) is 0 Å². The van der Waals surface area contributed by atoms with Crippen molar-refractivity contribution in [2.75, 3.05) is 5.75 Å².